The van der Waals surface area contributed by atoms with Crippen LogP contribution in [0.4, 0.5) is 17.1 Å². The number of hydrogen-bond donors (Lipinski definition) is 0. The number of benzene rings is 9. The predicted octanol–water partition coefficient (Wildman–Crippen LogP) is 15.6. The molecule has 1 heterocycles. The van der Waals surface area contributed by atoms with Crippen LogP contribution >= 0.6 is 0 Å². The van der Waals surface area contributed by atoms with Gasteiger partial charge in [0.1, 0.15) is 0 Å². The van der Waals surface area contributed by atoms with Crippen LogP contribution < -0.4 is 4.90 Å². The predicted molar refractivity (Wildman–Crippen MR) is 249 cm³/mol. The van der Waals surface area contributed by atoms with E-state index in [1.165, 1.54) is 4.90 Å². The molecule has 1 aliphatic rings. The van der Waals surface area contributed by atoms with Gasteiger partial charge in [-0.25, -0.2) is 0 Å². The Bertz CT molecular complexity index is 3880. The average Bonchev–Trinajstić information content (AvgIpc) is 3.84. The molecule has 9 aromatic carbocycles. The van der Waals surface area contributed by atoms with Crippen molar-refractivity contribution in [2.24, 2.45) is 0 Å². The van der Waals surface area contributed by atoms with Crippen molar-refractivity contribution in [3.05, 3.63) is 229 Å². The van der Waals surface area contributed by atoms with Gasteiger partial charge in [-0.05, 0) is 122 Å². The molecule has 0 N–H and O–H groups in total. The van der Waals surface area contributed by atoms with Crippen molar-refractivity contribution < 1.29 is 17.8 Å². The van der Waals surface area contributed by atoms with Gasteiger partial charge in [0.15, 0.2) is 0 Å². The summed E-state index contributed by atoms with van der Waals surface area (Å²) in [6.45, 7) is 4.09. The maximum absolute atomic E-state index is 9.81. The molecule has 0 atom stereocenters. The quantitative estimate of drug-likeness (QED) is 0.157. The zero-order chi connectivity index (χ0) is 50.8. The van der Waals surface area contributed by atoms with E-state index >= 15 is 0 Å². The van der Waals surface area contributed by atoms with Gasteiger partial charge in [-0.15, -0.1) is 0 Å². The molecule has 11 rings (SSSR count). The molecule has 0 aliphatic heterocycles. The molecular formula is C57H42N2. The molecule has 1 aromatic heterocycles. The Hall–Kier alpha value is -7.42. The minimum absolute atomic E-state index is 0.00452. The van der Waals surface area contributed by atoms with Crippen LogP contribution in [-0.4, -0.2) is 4.57 Å². The van der Waals surface area contributed by atoms with Crippen LogP contribution in [-0.2, 0) is 5.41 Å². The van der Waals surface area contributed by atoms with E-state index in [-0.39, 0.29) is 16.9 Å². The number of nitrogens with zero attached hydrogens (tertiary/aromatic N) is 2. The van der Waals surface area contributed by atoms with Gasteiger partial charge in [0.2, 0.25) is 0 Å². The van der Waals surface area contributed by atoms with Gasteiger partial charge in [-0.1, -0.05) is 165 Å². The summed E-state index contributed by atoms with van der Waals surface area (Å²) in [5.41, 5.74) is 6.82. The molecule has 0 saturated heterocycles. The smallest absolute Gasteiger partial charge is 0.0651 e. The van der Waals surface area contributed by atoms with Gasteiger partial charge in [0.05, 0.1) is 28.9 Å². The van der Waals surface area contributed by atoms with Crippen LogP contribution in [0.5, 0.6) is 0 Å². The molecule has 2 nitrogen and oxygen atoms in total. The van der Waals surface area contributed by atoms with E-state index in [9.17, 15) is 8.22 Å². The first kappa shape index (κ1) is 23.7. The highest BCUT2D eigenvalue weighted by Gasteiger charge is 2.35. The minimum atomic E-state index is -0.742. The highest BCUT2D eigenvalue weighted by molar-refractivity contribution is 6.10. The molecule has 2 heteroatoms. The summed E-state index contributed by atoms with van der Waals surface area (Å²) >= 11 is 0. The van der Waals surface area contributed by atoms with Crippen LogP contribution in [0.2, 0.25) is 0 Å². The summed E-state index contributed by atoms with van der Waals surface area (Å²) in [5, 5.41) is 1.72. The Balaban J connectivity index is 1.14. The molecule has 280 valence electrons. The van der Waals surface area contributed by atoms with Gasteiger partial charge < -0.3 is 9.47 Å². The minimum Gasteiger partial charge on any atom is -0.310 e. The molecule has 59 heavy (non-hydrogen) atoms. The standard InChI is InChI=1S/C57H42N2/c1-57(2)53-22-11-9-20-49(53)50-34-33-48(38-54(50)57)58(47-19-13-18-43(36-47)40-16-7-4-8-17-40)45-29-26-42(27-30-45)44-28-35-56-52(37-44)51-21-10-12-23-55(51)59(56)46-31-24-41(25-32-46)39-14-5-3-6-15-39/h3-38H,1-2H3/i4D,7D,8D,13D,16D,17D,18D,19D,26D,27D,29D,30D,36D. The van der Waals surface area contributed by atoms with Crippen molar-refractivity contribution in [1.82, 2.24) is 4.57 Å². The largest absolute Gasteiger partial charge is 0.310 e. The van der Waals surface area contributed by atoms with Gasteiger partial charge in [0, 0.05) is 38.9 Å². The normalized spacial score (nSPS) is 15.8. The van der Waals surface area contributed by atoms with E-state index in [0.717, 1.165) is 60.9 Å². The number of para-hydroxylation sites is 1. The summed E-state index contributed by atoms with van der Waals surface area (Å²) in [7, 11) is 0. The third-order valence-corrected chi connectivity index (χ3v) is 11.4. The molecule has 0 unspecified atom stereocenters. The van der Waals surface area contributed by atoms with Crippen molar-refractivity contribution in [3.8, 4) is 50.2 Å². The second-order valence-corrected chi connectivity index (χ2v) is 15.2. The summed E-state index contributed by atoms with van der Waals surface area (Å²) in [6, 6.07) is 36.8. The number of fused-ring (bicyclic) bond motifs is 6. The molecule has 0 radical (unpaired) electrons. The van der Waals surface area contributed by atoms with Crippen LogP contribution in [0.15, 0.2) is 218 Å². The summed E-state index contributed by atoms with van der Waals surface area (Å²) < 4.78 is 121. The molecule has 0 spiro atoms. The Morgan fingerprint density at radius 3 is 1.92 bits per heavy atom. The highest BCUT2D eigenvalue weighted by Crippen LogP contribution is 2.51. The van der Waals surface area contributed by atoms with Gasteiger partial charge in [0.25, 0.3) is 0 Å². The van der Waals surface area contributed by atoms with Crippen molar-refractivity contribution in [1.29, 1.82) is 0 Å². The van der Waals surface area contributed by atoms with Crippen molar-refractivity contribution in [2.45, 2.75) is 19.3 Å². The van der Waals surface area contributed by atoms with E-state index in [0.29, 0.717) is 5.56 Å². The molecule has 0 bridgehead atoms. The Kier molecular flexibility index (Phi) is 5.59. The lowest BCUT2D eigenvalue weighted by atomic mass is 9.82. The number of anilines is 3. The first-order valence-corrected chi connectivity index (χ1v) is 19.5. The average molecular weight is 768 g/mol. The molecule has 10 aromatic rings. The lowest BCUT2D eigenvalue weighted by molar-refractivity contribution is 0.660. The SMILES string of the molecule is [2H]c1c([2H])c([2H])c(-c2c([2H])c([2H])c([2H])c(N(c3ccc4c(c3)C(C)(C)c3ccccc3-4)c3c([2H])c([2H])c(-c4ccc5c(c4)c4ccccc4n5-c4ccc(-c5ccccc5)cc4)c([2H])c3[2H])c2[2H])c([2H])c1[2H]. The maximum atomic E-state index is 9.81. The topological polar surface area (TPSA) is 8.17 Å². The number of aromatic nitrogens is 1. The second-order valence-electron chi connectivity index (χ2n) is 15.2. The Morgan fingerprint density at radius 1 is 0.424 bits per heavy atom. The second kappa shape index (κ2) is 13.9. The monoisotopic (exact) mass is 767 g/mol. The molecule has 0 fully saturated rings. The zero-order valence-electron chi connectivity index (χ0n) is 45.2. The Labute approximate surface area is 364 Å². The lowest BCUT2D eigenvalue weighted by Crippen LogP contribution is -2.16. The van der Waals surface area contributed by atoms with E-state index in [1.54, 1.807) is 18.2 Å². The molecule has 0 amide bonds. The maximum Gasteiger partial charge on any atom is 0.0651 e. The molecule has 0 saturated carbocycles. The third kappa shape index (κ3) is 5.87. The Morgan fingerprint density at radius 2 is 1.08 bits per heavy atom. The number of rotatable bonds is 7. The third-order valence-electron chi connectivity index (χ3n) is 11.4. The number of hydrogen-bond acceptors (Lipinski definition) is 1. The van der Waals surface area contributed by atoms with E-state index in [4.69, 9.17) is 9.60 Å². The fourth-order valence-electron chi connectivity index (χ4n) is 8.55. The van der Waals surface area contributed by atoms with Crippen LogP contribution in [0.1, 0.15) is 42.8 Å². The van der Waals surface area contributed by atoms with Crippen molar-refractivity contribution in [2.75, 3.05) is 4.90 Å². The van der Waals surface area contributed by atoms with Gasteiger partial charge in [-0.3, -0.25) is 0 Å². The molecule has 1 aliphatic carbocycles. The van der Waals surface area contributed by atoms with Crippen molar-refractivity contribution >= 4 is 38.9 Å². The first-order valence-electron chi connectivity index (χ1n) is 26.0. The van der Waals surface area contributed by atoms with E-state index in [1.807, 2.05) is 98.8 Å². The van der Waals surface area contributed by atoms with Crippen molar-refractivity contribution in [3.63, 3.8) is 0 Å². The van der Waals surface area contributed by atoms with Gasteiger partial charge in [-0.2, -0.15) is 0 Å². The lowest BCUT2D eigenvalue weighted by Gasteiger charge is -2.28. The first-order chi connectivity index (χ1) is 34.4. The summed E-state index contributed by atoms with van der Waals surface area (Å²) in [4.78, 5) is 1.23. The summed E-state index contributed by atoms with van der Waals surface area (Å²) in [5.74, 6) is 0. The fraction of sp³-hybridized carbons (Fsp3) is 0.0526. The highest BCUT2D eigenvalue weighted by atomic mass is 15.1. The summed E-state index contributed by atoms with van der Waals surface area (Å²) in [6.07, 6.45) is 0. The zero-order valence-corrected chi connectivity index (χ0v) is 32.2. The van der Waals surface area contributed by atoms with Crippen LogP contribution in [0.25, 0.3) is 72.0 Å². The van der Waals surface area contributed by atoms with Gasteiger partial charge >= 0.3 is 0 Å². The fourth-order valence-corrected chi connectivity index (χ4v) is 8.55. The van der Waals surface area contributed by atoms with E-state index < -0.39 is 101 Å². The van der Waals surface area contributed by atoms with Crippen LogP contribution in [0, 0.1) is 0 Å². The van der Waals surface area contributed by atoms with E-state index in [2.05, 4.69) is 41.0 Å². The molecular weight excluding hydrogens is 713 g/mol. The van der Waals surface area contributed by atoms with Crippen LogP contribution in [0.3, 0.4) is 0 Å².